The molecular formula is C9H16N4. The normalized spacial score (nSPS) is 25.6. The SMILES string of the molecule is CNC1c2n[nH]nc2CCC1(C)C. The van der Waals surface area contributed by atoms with Gasteiger partial charge in [0, 0.05) is 0 Å². The molecule has 0 fully saturated rings. The first kappa shape index (κ1) is 8.69. The van der Waals surface area contributed by atoms with Gasteiger partial charge in [0.15, 0.2) is 0 Å². The zero-order chi connectivity index (χ0) is 9.47. The molecule has 2 rings (SSSR count). The Balaban J connectivity index is 2.41. The van der Waals surface area contributed by atoms with E-state index in [0.29, 0.717) is 6.04 Å². The molecule has 72 valence electrons. The number of aromatic amines is 1. The summed E-state index contributed by atoms with van der Waals surface area (Å²) in [4.78, 5) is 0. The van der Waals surface area contributed by atoms with Crippen LogP contribution in [0.2, 0.25) is 0 Å². The number of aromatic nitrogens is 3. The quantitative estimate of drug-likeness (QED) is 0.679. The molecule has 0 radical (unpaired) electrons. The lowest BCUT2D eigenvalue weighted by Crippen LogP contribution is -2.36. The Morgan fingerprint density at radius 3 is 2.92 bits per heavy atom. The molecule has 0 aliphatic heterocycles. The van der Waals surface area contributed by atoms with Crippen LogP contribution in [0.15, 0.2) is 0 Å². The topological polar surface area (TPSA) is 53.6 Å². The van der Waals surface area contributed by atoms with E-state index in [1.54, 1.807) is 0 Å². The maximum Gasteiger partial charge on any atom is 0.103 e. The summed E-state index contributed by atoms with van der Waals surface area (Å²) >= 11 is 0. The fraction of sp³-hybridized carbons (Fsp3) is 0.778. The average molecular weight is 180 g/mol. The van der Waals surface area contributed by atoms with Crippen molar-refractivity contribution in [3.63, 3.8) is 0 Å². The number of nitrogens with zero attached hydrogens (tertiary/aromatic N) is 2. The van der Waals surface area contributed by atoms with Crippen LogP contribution in [0.3, 0.4) is 0 Å². The number of H-pyrrole nitrogens is 1. The molecule has 0 saturated carbocycles. The summed E-state index contributed by atoms with van der Waals surface area (Å²) in [5, 5.41) is 14.4. The van der Waals surface area contributed by atoms with Crippen LogP contribution in [0.25, 0.3) is 0 Å². The molecule has 4 nitrogen and oxygen atoms in total. The van der Waals surface area contributed by atoms with Gasteiger partial charge < -0.3 is 5.32 Å². The third-order valence-electron chi connectivity index (χ3n) is 3.00. The Morgan fingerprint density at radius 1 is 1.46 bits per heavy atom. The number of nitrogens with one attached hydrogen (secondary N) is 2. The summed E-state index contributed by atoms with van der Waals surface area (Å²) in [5.41, 5.74) is 2.50. The zero-order valence-electron chi connectivity index (χ0n) is 8.39. The molecule has 0 saturated heterocycles. The predicted molar refractivity (Wildman–Crippen MR) is 50.3 cm³/mol. The van der Waals surface area contributed by atoms with Crippen molar-refractivity contribution in [2.75, 3.05) is 7.05 Å². The summed E-state index contributed by atoms with van der Waals surface area (Å²) < 4.78 is 0. The number of hydrogen-bond acceptors (Lipinski definition) is 3. The number of aryl methyl sites for hydroxylation is 1. The molecule has 0 aromatic carbocycles. The summed E-state index contributed by atoms with van der Waals surface area (Å²) in [7, 11) is 1.98. The molecule has 1 aliphatic carbocycles. The first-order valence-electron chi connectivity index (χ1n) is 4.72. The maximum absolute atomic E-state index is 4.21. The Bertz CT molecular complexity index is 302. The van der Waals surface area contributed by atoms with Crippen LogP contribution in [-0.2, 0) is 6.42 Å². The Morgan fingerprint density at radius 2 is 2.23 bits per heavy atom. The van der Waals surface area contributed by atoms with Crippen LogP contribution >= 0.6 is 0 Å². The van der Waals surface area contributed by atoms with Crippen LogP contribution < -0.4 is 5.32 Å². The minimum Gasteiger partial charge on any atom is -0.311 e. The summed E-state index contributed by atoms with van der Waals surface area (Å²) in [6, 6.07) is 0.329. The molecule has 0 bridgehead atoms. The van der Waals surface area contributed by atoms with E-state index in [1.807, 2.05) is 7.05 Å². The van der Waals surface area contributed by atoms with E-state index in [-0.39, 0.29) is 5.41 Å². The molecular weight excluding hydrogens is 164 g/mol. The second-order valence-corrected chi connectivity index (χ2v) is 4.37. The van der Waals surface area contributed by atoms with E-state index < -0.39 is 0 Å². The van der Waals surface area contributed by atoms with Crippen LogP contribution in [0.4, 0.5) is 0 Å². The second-order valence-electron chi connectivity index (χ2n) is 4.37. The van der Waals surface area contributed by atoms with Crippen LogP contribution in [0.1, 0.15) is 37.7 Å². The zero-order valence-corrected chi connectivity index (χ0v) is 8.39. The van der Waals surface area contributed by atoms with Gasteiger partial charge in [0.1, 0.15) is 5.69 Å². The number of hydrogen-bond donors (Lipinski definition) is 2. The van der Waals surface area contributed by atoms with Crippen molar-refractivity contribution in [2.45, 2.75) is 32.7 Å². The van der Waals surface area contributed by atoms with Crippen LogP contribution in [0, 0.1) is 5.41 Å². The molecule has 4 heteroatoms. The third kappa shape index (κ3) is 1.25. The molecule has 1 atom stereocenters. The molecule has 1 aromatic rings. The lowest BCUT2D eigenvalue weighted by molar-refractivity contribution is 0.214. The number of rotatable bonds is 1. The molecule has 1 heterocycles. The van der Waals surface area contributed by atoms with Gasteiger partial charge in [-0.2, -0.15) is 15.4 Å². The van der Waals surface area contributed by atoms with E-state index in [1.165, 1.54) is 0 Å². The second kappa shape index (κ2) is 2.80. The Hall–Kier alpha value is -0.900. The lowest BCUT2D eigenvalue weighted by Gasteiger charge is -2.36. The monoisotopic (exact) mass is 180 g/mol. The molecule has 1 aliphatic rings. The smallest absolute Gasteiger partial charge is 0.103 e. The average Bonchev–Trinajstić information content (AvgIpc) is 2.50. The summed E-state index contributed by atoms with van der Waals surface area (Å²) in [6.07, 6.45) is 2.20. The Kier molecular flexibility index (Phi) is 1.87. The first-order chi connectivity index (χ1) is 6.15. The minimum atomic E-state index is 0.276. The van der Waals surface area contributed by atoms with Crippen molar-refractivity contribution < 1.29 is 0 Å². The molecule has 0 spiro atoms. The molecule has 1 aromatic heterocycles. The van der Waals surface area contributed by atoms with Crippen molar-refractivity contribution in [1.82, 2.24) is 20.7 Å². The van der Waals surface area contributed by atoms with Gasteiger partial charge in [-0.05, 0) is 25.3 Å². The highest BCUT2D eigenvalue weighted by atomic mass is 15.3. The molecule has 2 N–H and O–H groups in total. The van der Waals surface area contributed by atoms with Crippen molar-refractivity contribution >= 4 is 0 Å². The standard InChI is InChI=1S/C9H16N4/c1-9(2)5-4-6-7(8(9)10-3)12-13-11-6/h8,10H,4-5H2,1-3H3,(H,11,12,13). The highest BCUT2D eigenvalue weighted by Crippen LogP contribution is 2.41. The fourth-order valence-corrected chi connectivity index (χ4v) is 2.16. The van der Waals surface area contributed by atoms with Crippen molar-refractivity contribution in [3.8, 4) is 0 Å². The Labute approximate surface area is 78.1 Å². The van der Waals surface area contributed by atoms with E-state index in [0.717, 1.165) is 24.2 Å². The molecule has 13 heavy (non-hydrogen) atoms. The lowest BCUT2D eigenvalue weighted by atomic mass is 9.74. The van der Waals surface area contributed by atoms with Gasteiger partial charge in [-0.15, -0.1) is 0 Å². The van der Waals surface area contributed by atoms with E-state index in [4.69, 9.17) is 0 Å². The maximum atomic E-state index is 4.21. The van der Waals surface area contributed by atoms with Gasteiger partial charge in [-0.25, -0.2) is 0 Å². The first-order valence-corrected chi connectivity index (χ1v) is 4.72. The van der Waals surface area contributed by atoms with Gasteiger partial charge in [0.25, 0.3) is 0 Å². The van der Waals surface area contributed by atoms with E-state index in [2.05, 4.69) is 34.6 Å². The van der Waals surface area contributed by atoms with E-state index in [9.17, 15) is 0 Å². The summed E-state index contributed by atoms with van der Waals surface area (Å²) in [5.74, 6) is 0. The van der Waals surface area contributed by atoms with Gasteiger partial charge in [-0.1, -0.05) is 13.8 Å². The van der Waals surface area contributed by atoms with Crippen molar-refractivity contribution in [2.24, 2.45) is 5.41 Å². The highest BCUT2D eigenvalue weighted by molar-refractivity contribution is 5.20. The van der Waals surface area contributed by atoms with Crippen LogP contribution in [0.5, 0.6) is 0 Å². The summed E-state index contributed by atoms with van der Waals surface area (Å²) in [6.45, 7) is 4.54. The third-order valence-corrected chi connectivity index (χ3v) is 3.00. The molecule has 0 amide bonds. The van der Waals surface area contributed by atoms with Gasteiger partial charge in [0.05, 0.1) is 11.7 Å². The van der Waals surface area contributed by atoms with Gasteiger partial charge >= 0.3 is 0 Å². The fourth-order valence-electron chi connectivity index (χ4n) is 2.16. The predicted octanol–water partition coefficient (Wildman–Crippen LogP) is 1.04. The van der Waals surface area contributed by atoms with Crippen molar-refractivity contribution in [1.29, 1.82) is 0 Å². The van der Waals surface area contributed by atoms with Gasteiger partial charge in [0.2, 0.25) is 0 Å². The minimum absolute atomic E-state index is 0.276. The van der Waals surface area contributed by atoms with Gasteiger partial charge in [-0.3, -0.25) is 0 Å². The van der Waals surface area contributed by atoms with E-state index >= 15 is 0 Å². The van der Waals surface area contributed by atoms with Crippen molar-refractivity contribution in [3.05, 3.63) is 11.4 Å². The van der Waals surface area contributed by atoms with Crippen LogP contribution in [-0.4, -0.2) is 22.5 Å². The number of fused-ring (bicyclic) bond motifs is 1. The molecule has 1 unspecified atom stereocenters. The largest absolute Gasteiger partial charge is 0.311 e. The highest BCUT2D eigenvalue weighted by Gasteiger charge is 2.37.